The smallest absolute Gasteiger partial charge is 0.00353 e. The first-order chi connectivity index (χ1) is 8.49. The molecule has 1 atom stereocenters. The van der Waals surface area contributed by atoms with Crippen LogP contribution >= 0.6 is 0 Å². The van der Waals surface area contributed by atoms with E-state index in [0.717, 1.165) is 12.3 Å². The number of hydrogen-bond donors (Lipinski definition) is 0. The summed E-state index contributed by atoms with van der Waals surface area (Å²) in [4.78, 5) is 2.67. The number of piperidine rings is 1. The Hall–Kier alpha value is -0.560. The maximum atomic E-state index is 4.04. The van der Waals surface area contributed by atoms with E-state index in [4.69, 9.17) is 0 Å². The molecule has 0 N–H and O–H groups in total. The topological polar surface area (TPSA) is 3.24 Å². The Balaban J connectivity index is 2.43. The predicted molar refractivity (Wildman–Crippen MR) is 81.8 cm³/mol. The van der Waals surface area contributed by atoms with Gasteiger partial charge in [-0.2, -0.15) is 0 Å². The van der Waals surface area contributed by atoms with Crippen LogP contribution < -0.4 is 0 Å². The first-order valence-electron chi connectivity index (χ1n) is 7.51. The maximum Gasteiger partial charge on any atom is 0.00353 e. The van der Waals surface area contributed by atoms with Gasteiger partial charge in [-0.15, -0.1) is 0 Å². The highest BCUT2D eigenvalue weighted by molar-refractivity contribution is 5.11. The van der Waals surface area contributed by atoms with Gasteiger partial charge in [0.05, 0.1) is 0 Å². The molecule has 1 rings (SSSR count). The molecular formula is C17H31N. The summed E-state index contributed by atoms with van der Waals surface area (Å²) in [5.41, 5.74) is 1.62. The molecule has 104 valence electrons. The molecule has 1 unspecified atom stereocenters. The summed E-state index contributed by atoms with van der Waals surface area (Å²) in [5.74, 6) is 0.926. The van der Waals surface area contributed by atoms with Crippen LogP contribution in [0.3, 0.4) is 0 Å². The lowest BCUT2D eigenvalue weighted by Gasteiger charge is -2.38. The fraction of sp³-hybridized carbons (Fsp3) is 0.765. The second-order valence-electron chi connectivity index (χ2n) is 6.49. The van der Waals surface area contributed by atoms with Crippen LogP contribution in [0.2, 0.25) is 0 Å². The average molecular weight is 249 g/mol. The normalized spacial score (nSPS) is 21.5. The number of hydrogen-bond acceptors (Lipinski definition) is 1. The molecule has 0 spiro atoms. The Morgan fingerprint density at radius 3 is 2.50 bits per heavy atom. The van der Waals surface area contributed by atoms with Gasteiger partial charge in [0.1, 0.15) is 0 Å². The van der Waals surface area contributed by atoms with Crippen molar-refractivity contribution in [2.75, 3.05) is 19.6 Å². The van der Waals surface area contributed by atoms with Crippen molar-refractivity contribution in [2.24, 2.45) is 11.3 Å². The van der Waals surface area contributed by atoms with E-state index >= 15 is 0 Å². The van der Waals surface area contributed by atoms with E-state index in [2.05, 4.69) is 38.8 Å². The molecule has 1 nitrogen and oxygen atoms in total. The van der Waals surface area contributed by atoms with Crippen LogP contribution in [0, 0.1) is 11.3 Å². The molecule has 1 saturated heterocycles. The van der Waals surface area contributed by atoms with Gasteiger partial charge in [-0.1, -0.05) is 45.6 Å². The van der Waals surface area contributed by atoms with Crippen molar-refractivity contribution in [1.29, 1.82) is 0 Å². The van der Waals surface area contributed by atoms with Crippen LogP contribution in [0.1, 0.15) is 52.9 Å². The lowest BCUT2D eigenvalue weighted by molar-refractivity contribution is 0.114. The number of allylic oxidation sites excluding steroid dienone is 2. The summed E-state index contributed by atoms with van der Waals surface area (Å²) in [7, 11) is 0. The fourth-order valence-corrected chi connectivity index (χ4v) is 2.69. The molecular weight excluding hydrogens is 218 g/mol. The van der Waals surface area contributed by atoms with Crippen molar-refractivity contribution in [2.45, 2.75) is 52.9 Å². The minimum atomic E-state index is 0.437. The van der Waals surface area contributed by atoms with Crippen LogP contribution in [0.25, 0.3) is 0 Å². The fourth-order valence-electron chi connectivity index (χ4n) is 2.69. The summed E-state index contributed by atoms with van der Waals surface area (Å²) in [6.45, 7) is 18.8. The van der Waals surface area contributed by atoms with Crippen LogP contribution in [0.4, 0.5) is 0 Å². The average Bonchev–Trinajstić information content (AvgIpc) is 2.39. The molecule has 1 aliphatic heterocycles. The first-order valence-corrected chi connectivity index (χ1v) is 7.51. The van der Waals surface area contributed by atoms with E-state index in [-0.39, 0.29) is 0 Å². The Bertz CT molecular complexity index is 273. The molecule has 0 saturated carbocycles. The molecule has 1 heteroatoms. The Morgan fingerprint density at radius 2 is 2.00 bits per heavy atom. The van der Waals surface area contributed by atoms with Crippen molar-refractivity contribution < 1.29 is 0 Å². The lowest BCUT2D eigenvalue weighted by atomic mass is 9.80. The third kappa shape index (κ3) is 4.97. The molecule has 18 heavy (non-hydrogen) atoms. The molecule has 0 radical (unpaired) electrons. The van der Waals surface area contributed by atoms with E-state index in [9.17, 15) is 0 Å². The summed E-state index contributed by atoms with van der Waals surface area (Å²) in [6.07, 6.45) is 8.24. The van der Waals surface area contributed by atoms with Crippen LogP contribution in [-0.2, 0) is 0 Å². The van der Waals surface area contributed by atoms with E-state index in [0.29, 0.717) is 5.41 Å². The van der Waals surface area contributed by atoms with Gasteiger partial charge in [-0.3, -0.25) is 0 Å². The van der Waals surface area contributed by atoms with Gasteiger partial charge >= 0.3 is 0 Å². The van der Waals surface area contributed by atoms with E-state index in [1.54, 1.807) is 0 Å². The highest BCUT2D eigenvalue weighted by Gasteiger charge is 2.26. The quantitative estimate of drug-likeness (QED) is 0.593. The molecule has 1 heterocycles. The van der Waals surface area contributed by atoms with Gasteiger partial charge in [-0.05, 0) is 56.5 Å². The van der Waals surface area contributed by atoms with E-state index < -0.39 is 0 Å². The molecule has 0 bridgehead atoms. The highest BCUT2D eigenvalue weighted by Crippen LogP contribution is 2.31. The van der Waals surface area contributed by atoms with E-state index in [1.807, 2.05) is 6.08 Å². The summed E-state index contributed by atoms with van der Waals surface area (Å²) < 4.78 is 0. The van der Waals surface area contributed by atoms with Gasteiger partial charge in [0, 0.05) is 6.54 Å². The number of likely N-dealkylation sites (tertiary alicyclic amines) is 1. The van der Waals surface area contributed by atoms with Crippen LogP contribution in [0.15, 0.2) is 24.8 Å². The molecule has 0 amide bonds. The zero-order valence-electron chi connectivity index (χ0n) is 12.7. The van der Waals surface area contributed by atoms with Crippen molar-refractivity contribution >= 4 is 0 Å². The van der Waals surface area contributed by atoms with Crippen molar-refractivity contribution in [1.82, 2.24) is 4.90 Å². The zero-order chi connectivity index (χ0) is 13.6. The summed E-state index contributed by atoms with van der Waals surface area (Å²) >= 11 is 0. The third-order valence-electron chi connectivity index (χ3n) is 4.67. The molecule has 0 aromatic rings. The van der Waals surface area contributed by atoms with Gasteiger partial charge < -0.3 is 4.90 Å². The van der Waals surface area contributed by atoms with Crippen molar-refractivity contribution in [3.8, 4) is 0 Å². The predicted octanol–water partition coefficient (Wildman–Crippen LogP) is 4.66. The molecule has 0 aliphatic carbocycles. The van der Waals surface area contributed by atoms with Gasteiger partial charge in [0.15, 0.2) is 0 Å². The highest BCUT2D eigenvalue weighted by atomic mass is 15.1. The van der Waals surface area contributed by atoms with Gasteiger partial charge in [0.25, 0.3) is 0 Å². The van der Waals surface area contributed by atoms with Gasteiger partial charge in [0.2, 0.25) is 0 Å². The Morgan fingerprint density at radius 1 is 1.39 bits per heavy atom. The minimum Gasteiger partial charge on any atom is -0.303 e. The second-order valence-corrected chi connectivity index (χ2v) is 6.49. The largest absolute Gasteiger partial charge is 0.303 e. The Labute approximate surface area is 114 Å². The van der Waals surface area contributed by atoms with Gasteiger partial charge in [-0.25, -0.2) is 0 Å². The molecule has 1 fully saturated rings. The first kappa shape index (κ1) is 15.5. The zero-order valence-corrected chi connectivity index (χ0v) is 12.7. The SMILES string of the molecule is C=CC(=C)CCC(C)(CC)CN1CCC(C)CC1. The molecule has 0 aromatic heterocycles. The molecule has 1 aliphatic rings. The minimum absolute atomic E-state index is 0.437. The lowest BCUT2D eigenvalue weighted by Crippen LogP contribution is -2.40. The van der Waals surface area contributed by atoms with Crippen LogP contribution in [0.5, 0.6) is 0 Å². The summed E-state index contributed by atoms with van der Waals surface area (Å²) in [5, 5.41) is 0. The number of rotatable bonds is 7. The van der Waals surface area contributed by atoms with Crippen molar-refractivity contribution in [3.63, 3.8) is 0 Å². The maximum absolute atomic E-state index is 4.04. The Kier molecular flexibility index (Phi) is 6.14. The summed E-state index contributed by atoms with van der Waals surface area (Å²) in [6, 6.07) is 0. The van der Waals surface area contributed by atoms with Crippen LogP contribution in [-0.4, -0.2) is 24.5 Å². The standard InChI is InChI=1S/C17H31N/c1-6-15(3)8-11-17(5,7-2)14-18-12-9-16(4)10-13-18/h6,16H,1,3,7-14H2,2,4-5H3. The number of nitrogens with zero attached hydrogens (tertiary/aromatic N) is 1. The molecule has 0 aromatic carbocycles. The second kappa shape index (κ2) is 7.13. The monoisotopic (exact) mass is 249 g/mol. The third-order valence-corrected chi connectivity index (χ3v) is 4.67. The van der Waals surface area contributed by atoms with Crippen molar-refractivity contribution in [3.05, 3.63) is 24.8 Å². The van der Waals surface area contributed by atoms with E-state index in [1.165, 1.54) is 50.9 Å².